The summed E-state index contributed by atoms with van der Waals surface area (Å²) in [6.07, 6.45) is -0.0436. The molecule has 0 bridgehead atoms. The Morgan fingerprint density at radius 1 is 1.24 bits per heavy atom. The summed E-state index contributed by atoms with van der Waals surface area (Å²) in [6.45, 7) is 0.114. The lowest BCUT2D eigenvalue weighted by atomic mass is 10.2. The van der Waals surface area contributed by atoms with Gasteiger partial charge in [0.25, 0.3) is 5.91 Å². The van der Waals surface area contributed by atoms with Crippen molar-refractivity contribution in [2.45, 2.75) is 6.42 Å². The summed E-state index contributed by atoms with van der Waals surface area (Å²) in [6, 6.07) is 13.4. The van der Waals surface area contributed by atoms with Crippen LogP contribution in [0, 0.1) is 11.3 Å². The van der Waals surface area contributed by atoms with E-state index in [1.165, 1.54) is 19.2 Å². The summed E-state index contributed by atoms with van der Waals surface area (Å²) >= 11 is 6.02. The predicted molar refractivity (Wildman–Crippen MR) is 91.7 cm³/mol. The van der Waals surface area contributed by atoms with Gasteiger partial charge in [0.2, 0.25) is 0 Å². The summed E-state index contributed by atoms with van der Waals surface area (Å²) in [5.41, 5.74) is 0.796. The quantitative estimate of drug-likeness (QED) is 0.633. The van der Waals surface area contributed by atoms with Gasteiger partial charge in [-0.25, -0.2) is 0 Å². The number of hydrogen-bond donors (Lipinski definition) is 1. The van der Waals surface area contributed by atoms with Crippen LogP contribution in [-0.2, 0) is 4.79 Å². The molecule has 0 heterocycles. The molecule has 7 heteroatoms. The monoisotopic (exact) mass is 358 g/mol. The van der Waals surface area contributed by atoms with Crippen LogP contribution in [0.15, 0.2) is 42.5 Å². The molecule has 0 spiro atoms. The van der Waals surface area contributed by atoms with Crippen LogP contribution in [0.1, 0.15) is 22.3 Å². The number of carbonyl (C=O) groups is 2. The molecule has 0 saturated heterocycles. The summed E-state index contributed by atoms with van der Waals surface area (Å²) in [4.78, 5) is 23.8. The van der Waals surface area contributed by atoms with Crippen LogP contribution in [0.2, 0.25) is 5.02 Å². The molecule has 2 rings (SSSR count). The number of halogens is 1. The summed E-state index contributed by atoms with van der Waals surface area (Å²) in [7, 11) is 1.38. The van der Waals surface area contributed by atoms with Crippen molar-refractivity contribution in [3.05, 3.63) is 58.6 Å². The molecule has 0 atom stereocenters. The van der Waals surface area contributed by atoms with Crippen LogP contribution in [0.3, 0.4) is 0 Å². The third kappa shape index (κ3) is 4.96. The van der Waals surface area contributed by atoms with Gasteiger partial charge in [-0.05, 0) is 18.2 Å². The predicted octanol–water partition coefficient (Wildman–Crippen LogP) is 2.95. The first-order chi connectivity index (χ1) is 12.0. The zero-order chi connectivity index (χ0) is 18.2. The Balaban J connectivity index is 1.93. The van der Waals surface area contributed by atoms with E-state index in [2.05, 4.69) is 5.32 Å². The fourth-order valence-electron chi connectivity index (χ4n) is 2.02. The molecule has 25 heavy (non-hydrogen) atoms. The van der Waals surface area contributed by atoms with Gasteiger partial charge in [-0.15, -0.1) is 0 Å². The van der Waals surface area contributed by atoms with E-state index in [4.69, 9.17) is 26.3 Å². The molecule has 2 aromatic carbocycles. The third-order valence-electron chi connectivity index (χ3n) is 3.23. The Hall–Kier alpha value is -3.04. The maximum absolute atomic E-state index is 12.0. The van der Waals surface area contributed by atoms with E-state index in [0.29, 0.717) is 5.56 Å². The van der Waals surface area contributed by atoms with Crippen molar-refractivity contribution in [3.8, 4) is 17.6 Å². The van der Waals surface area contributed by atoms with Gasteiger partial charge < -0.3 is 14.8 Å². The summed E-state index contributed by atoms with van der Waals surface area (Å²) < 4.78 is 10.3. The van der Waals surface area contributed by atoms with Gasteiger partial charge in [0.05, 0.1) is 30.2 Å². The average molecular weight is 359 g/mol. The Bertz CT molecular complexity index is 816. The summed E-state index contributed by atoms with van der Waals surface area (Å²) in [5, 5.41) is 11.6. The molecule has 6 nitrogen and oxygen atoms in total. The molecule has 0 aliphatic carbocycles. The molecule has 0 radical (unpaired) electrons. The third-order valence-corrected chi connectivity index (χ3v) is 3.51. The zero-order valence-corrected chi connectivity index (χ0v) is 14.2. The Labute approximate surface area is 149 Å². The number of nitriles is 1. The van der Waals surface area contributed by atoms with Gasteiger partial charge >= 0.3 is 5.97 Å². The molecular weight excluding hydrogens is 344 g/mol. The van der Waals surface area contributed by atoms with E-state index >= 15 is 0 Å². The second-order valence-electron chi connectivity index (χ2n) is 4.95. The van der Waals surface area contributed by atoms with Crippen LogP contribution >= 0.6 is 11.6 Å². The van der Waals surface area contributed by atoms with E-state index < -0.39 is 5.97 Å². The highest BCUT2D eigenvalue weighted by Gasteiger charge is 2.16. The van der Waals surface area contributed by atoms with E-state index in [1.54, 1.807) is 24.3 Å². The smallest absolute Gasteiger partial charge is 0.313 e. The standard InChI is InChI=1S/C18H15ClN2O4/c1-24-15-10-12(11-20)9-14(19)17(15)25-16(22)7-8-21-18(23)13-5-3-2-4-6-13/h2-6,9-10H,7-8H2,1H3,(H,21,23). The molecule has 0 aliphatic rings. The van der Waals surface area contributed by atoms with Crippen molar-refractivity contribution < 1.29 is 19.1 Å². The van der Waals surface area contributed by atoms with Crippen molar-refractivity contribution in [1.82, 2.24) is 5.32 Å². The van der Waals surface area contributed by atoms with Crippen molar-refractivity contribution in [1.29, 1.82) is 5.26 Å². The molecule has 0 fully saturated rings. The minimum atomic E-state index is -0.585. The van der Waals surface area contributed by atoms with Crippen molar-refractivity contribution in [3.63, 3.8) is 0 Å². The molecule has 0 unspecified atom stereocenters. The van der Waals surface area contributed by atoms with Crippen LogP contribution in [0.25, 0.3) is 0 Å². The van der Waals surface area contributed by atoms with Gasteiger partial charge in [-0.3, -0.25) is 9.59 Å². The van der Waals surface area contributed by atoms with Crippen LogP contribution < -0.4 is 14.8 Å². The maximum atomic E-state index is 12.0. The van der Waals surface area contributed by atoms with E-state index in [9.17, 15) is 9.59 Å². The fraction of sp³-hybridized carbons (Fsp3) is 0.167. The van der Waals surface area contributed by atoms with Crippen molar-refractivity contribution >= 4 is 23.5 Å². The van der Waals surface area contributed by atoms with Crippen LogP contribution in [0.5, 0.6) is 11.5 Å². The first-order valence-corrected chi connectivity index (χ1v) is 7.74. The van der Waals surface area contributed by atoms with Gasteiger partial charge in [0.1, 0.15) is 0 Å². The topological polar surface area (TPSA) is 88.4 Å². The van der Waals surface area contributed by atoms with Crippen molar-refractivity contribution in [2.24, 2.45) is 0 Å². The maximum Gasteiger partial charge on any atom is 0.313 e. The summed E-state index contributed by atoms with van der Waals surface area (Å²) in [5.74, 6) is -0.631. The number of rotatable bonds is 6. The first kappa shape index (κ1) is 18.3. The number of esters is 1. The minimum absolute atomic E-state index is 0.0436. The molecule has 0 aliphatic heterocycles. The molecule has 128 valence electrons. The SMILES string of the molecule is COc1cc(C#N)cc(Cl)c1OC(=O)CCNC(=O)c1ccccc1. The number of ether oxygens (including phenoxy) is 2. The first-order valence-electron chi connectivity index (χ1n) is 7.36. The van der Waals surface area contributed by atoms with E-state index in [0.717, 1.165) is 0 Å². The molecular formula is C18H15ClN2O4. The highest BCUT2D eigenvalue weighted by molar-refractivity contribution is 6.32. The van der Waals surface area contributed by atoms with Gasteiger partial charge in [0.15, 0.2) is 11.5 Å². The minimum Gasteiger partial charge on any atom is -0.493 e. The second kappa shape index (κ2) is 8.71. The fourth-order valence-corrected chi connectivity index (χ4v) is 2.27. The zero-order valence-electron chi connectivity index (χ0n) is 13.4. The van der Waals surface area contributed by atoms with Gasteiger partial charge in [-0.1, -0.05) is 29.8 Å². The lowest BCUT2D eigenvalue weighted by Crippen LogP contribution is -2.27. The molecule has 1 N–H and O–H groups in total. The average Bonchev–Trinajstić information content (AvgIpc) is 2.63. The number of hydrogen-bond acceptors (Lipinski definition) is 5. The highest BCUT2D eigenvalue weighted by Crippen LogP contribution is 2.36. The number of amides is 1. The number of nitrogens with one attached hydrogen (secondary N) is 1. The lowest BCUT2D eigenvalue weighted by Gasteiger charge is -2.11. The molecule has 1 amide bonds. The highest BCUT2D eigenvalue weighted by atomic mass is 35.5. The molecule has 2 aromatic rings. The Morgan fingerprint density at radius 2 is 1.96 bits per heavy atom. The van der Waals surface area contributed by atoms with E-state index in [-0.39, 0.29) is 41.0 Å². The van der Waals surface area contributed by atoms with Crippen molar-refractivity contribution in [2.75, 3.05) is 13.7 Å². The van der Waals surface area contributed by atoms with E-state index in [1.807, 2.05) is 12.1 Å². The number of nitrogens with zero attached hydrogens (tertiary/aromatic N) is 1. The Kier molecular flexibility index (Phi) is 6.38. The lowest BCUT2D eigenvalue weighted by molar-refractivity contribution is -0.134. The molecule has 0 saturated carbocycles. The number of benzene rings is 2. The molecule has 0 aromatic heterocycles. The van der Waals surface area contributed by atoms with Gasteiger partial charge in [0, 0.05) is 18.2 Å². The van der Waals surface area contributed by atoms with Crippen LogP contribution in [-0.4, -0.2) is 25.5 Å². The van der Waals surface area contributed by atoms with Gasteiger partial charge in [-0.2, -0.15) is 5.26 Å². The van der Waals surface area contributed by atoms with Crippen LogP contribution in [0.4, 0.5) is 0 Å². The normalized spacial score (nSPS) is 9.80. The largest absolute Gasteiger partial charge is 0.493 e. The number of methoxy groups -OCH3 is 1. The number of carbonyl (C=O) groups excluding carboxylic acids is 2. The second-order valence-corrected chi connectivity index (χ2v) is 5.35. The Morgan fingerprint density at radius 3 is 2.60 bits per heavy atom.